The molecule has 1 atom stereocenters. The van der Waals surface area contributed by atoms with Crippen LogP contribution in [0.2, 0.25) is 5.02 Å². The largest absolute Gasteiger partial charge is 0.495 e. The summed E-state index contributed by atoms with van der Waals surface area (Å²) >= 11 is 6.11. The van der Waals surface area contributed by atoms with E-state index in [2.05, 4.69) is 36.5 Å². The predicted octanol–water partition coefficient (Wildman–Crippen LogP) is 4.42. The molecule has 1 amide bonds. The predicted molar refractivity (Wildman–Crippen MR) is 103 cm³/mol. The van der Waals surface area contributed by atoms with E-state index in [0.717, 1.165) is 5.56 Å². The number of nitrogens with zero attached hydrogens (tertiary/aromatic N) is 1. The third kappa shape index (κ3) is 4.97. The van der Waals surface area contributed by atoms with Gasteiger partial charge in [-0.15, -0.1) is 0 Å². The Morgan fingerprint density at radius 1 is 1.24 bits per heavy atom. The molecule has 4 nitrogen and oxygen atoms in total. The van der Waals surface area contributed by atoms with Gasteiger partial charge in [-0.05, 0) is 45.0 Å². The zero-order valence-corrected chi connectivity index (χ0v) is 16.1. The first-order chi connectivity index (χ1) is 11.8. The molecule has 2 aromatic carbocycles. The van der Waals surface area contributed by atoms with Gasteiger partial charge in [-0.1, -0.05) is 41.4 Å². The van der Waals surface area contributed by atoms with Gasteiger partial charge in [0.1, 0.15) is 5.75 Å². The number of hydrogen-bond donors (Lipinski definition) is 1. The normalized spacial score (nSPS) is 12.1. The molecule has 0 bridgehead atoms. The van der Waals surface area contributed by atoms with Crippen molar-refractivity contribution in [1.82, 2.24) is 4.90 Å². The molecule has 25 heavy (non-hydrogen) atoms. The number of ether oxygens (including phenoxy) is 1. The van der Waals surface area contributed by atoms with Crippen LogP contribution in [0, 0.1) is 13.8 Å². The van der Waals surface area contributed by atoms with Crippen LogP contribution in [0.4, 0.5) is 5.69 Å². The Hall–Kier alpha value is -2.04. The number of methoxy groups -OCH3 is 1. The van der Waals surface area contributed by atoms with Crippen LogP contribution in [0.25, 0.3) is 0 Å². The first-order valence-electron chi connectivity index (χ1n) is 8.22. The van der Waals surface area contributed by atoms with Crippen molar-refractivity contribution in [2.24, 2.45) is 0 Å². The second-order valence-electron chi connectivity index (χ2n) is 6.37. The van der Waals surface area contributed by atoms with E-state index in [-0.39, 0.29) is 11.9 Å². The molecule has 0 heterocycles. The average Bonchev–Trinajstić information content (AvgIpc) is 2.59. The molecule has 2 rings (SSSR count). The lowest BCUT2D eigenvalue weighted by Gasteiger charge is -2.24. The summed E-state index contributed by atoms with van der Waals surface area (Å²) in [5.41, 5.74) is 3.92. The molecule has 0 aliphatic rings. The van der Waals surface area contributed by atoms with Crippen LogP contribution in [0.5, 0.6) is 5.75 Å². The number of hydrogen-bond acceptors (Lipinski definition) is 3. The number of carbonyl (C=O) groups excluding carboxylic acids is 1. The van der Waals surface area contributed by atoms with Gasteiger partial charge in [-0.2, -0.15) is 0 Å². The topological polar surface area (TPSA) is 41.6 Å². The van der Waals surface area contributed by atoms with E-state index in [9.17, 15) is 4.79 Å². The minimum Gasteiger partial charge on any atom is -0.495 e. The van der Waals surface area contributed by atoms with Crippen LogP contribution >= 0.6 is 11.6 Å². The molecule has 1 unspecified atom stereocenters. The van der Waals surface area contributed by atoms with Gasteiger partial charge in [0.15, 0.2) is 0 Å². The first-order valence-corrected chi connectivity index (χ1v) is 8.60. The molecule has 0 radical (unpaired) electrons. The highest BCUT2D eigenvalue weighted by Gasteiger charge is 2.20. The number of aryl methyl sites for hydroxylation is 2. The maximum atomic E-state index is 12.6. The molecule has 1 N–H and O–H groups in total. The van der Waals surface area contributed by atoms with Gasteiger partial charge in [0.25, 0.3) is 0 Å². The average molecular weight is 361 g/mol. The number of amides is 1. The Bertz CT molecular complexity index is 744. The second-order valence-corrected chi connectivity index (χ2v) is 6.77. The summed E-state index contributed by atoms with van der Waals surface area (Å²) in [6.45, 7) is 6.54. The lowest BCUT2D eigenvalue weighted by Crippen LogP contribution is -2.39. The Balaban J connectivity index is 2.07. The number of likely N-dealkylation sites (N-methyl/N-ethyl adjacent to an activating group) is 1. The number of halogens is 1. The summed E-state index contributed by atoms with van der Waals surface area (Å²) in [7, 11) is 3.50. The quantitative estimate of drug-likeness (QED) is 0.828. The first kappa shape index (κ1) is 19.3. The number of benzene rings is 2. The highest BCUT2D eigenvalue weighted by Crippen LogP contribution is 2.31. The Morgan fingerprint density at radius 2 is 1.88 bits per heavy atom. The monoisotopic (exact) mass is 360 g/mol. The van der Waals surface area contributed by atoms with Crippen molar-refractivity contribution >= 4 is 23.2 Å². The van der Waals surface area contributed by atoms with Crippen LogP contribution in [0.15, 0.2) is 36.4 Å². The molecular weight excluding hydrogens is 336 g/mol. The summed E-state index contributed by atoms with van der Waals surface area (Å²) in [4.78, 5) is 14.6. The van der Waals surface area contributed by atoms with Gasteiger partial charge >= 0.3 is 0 Å². The molecule has 0 fully saturated rings. The van der Waals surface area contributed by atoms with Gasteiger partial charge in [0.2, 0.25) is 5.91 Å². The molecular formula is C20H25ClN2O2. The lowest BCUT2D eigenvalue weighted by molar-refractivity contribution is -0.120. The molecule has 134 valence electrons. The van der Waals surface area contributed by atoms with Gasteiger partial charge in [0, 0.05) is 17.6 Å². The molecule has 2 aromatic rings. The smallest absolute Gasteiger partial charge is 0.241 e. The lowest BCUT2D eigenvalue weighted by atomic mass is 10.1. The van der Waals surface area contributed by atoms with E-state index >= 15 is 0 Å². The molecule has 5 heteroatoms. The van der Waals surface area contributed by atoms with Crippen molar-refractivity contribution in [2.75, 3.05) is 19.5 Å². The molecule has 0 spiro atoms. The summed E-state index contributed by atoms with van der Waals surface area (Å²) in [5.74, 6) is 0.465. The molecule has 0 aromatic heterocycles. The van der Waals surface area contributed by atoms with E-state index < -0.39 is 0 Å². The Labute approximate surface area is 154 Å². The van der Waals surface area contributed by atoms with Gasteiger partial charge in [0.05, 0.1) is 18.8 Å². The fourth-order valence-corrected chi connectivity index (χ4v) is 2.64. The minimum atomic E-state index is -0.290. The van der Waals surface area contributed by atoms with Crippen LogP contribution in [0.3, 0.4) is 0 Å². The molecule has 0 aliphatic carbocycles. The Kier molecular flexibility index (Phi) is 6.45. The summed E-state index contributed by atoms with van der Waals surface area (Å²) in [6.07, 6.45) is 0. The fourth-order valence-electron chi connectivity index (χ4n) is 2.49. The van der Waals surface area contributed by atoms with Gasteiger partial charge in [-0.25, -0.2) is 0 Å². The zero-order valence-electron chi connectivity index (χ0n) is 15.4. The fraction of sp³-hybridized carbons (Fsp3) is 0.350. The summed E-state index contributed by atoms with van der Waals surface area (Å²) < 4.78 is 5.32. The minimum absolute atomic E-state index is 0.0883. The van der Waals surface area contributed by atoms with Gasteiger partial charge in [-0.3, -0.25) is 9.69 Å². The van der Waals surface area contributed by atoms with Crippen molar-refractivity contribution in [3.05, 3.63) is 58.1 Å². The van der Waals surface area contributed by atoms with Crippen LogP contribution < -0.4 is 10.1 Å². The van der Waals surface area contributed by atoms with Crippen LogP contribution in [-0.2, 0) is 11.3 Å². The van der Waals surface area contributed by atoms with E-state index in [1.807, 2.05) is 31.9 Å². The SMILES string of the molecule is COc1cc(Cl)c(C)cc1NC(=O)C(C)N(C)Cc1ccc(C)cc1. The second kappa shape index (κ2) is 8.37. The van der Waals surface area contributed by atoms with Crippen molar-refractivity contribution in [1.29, 1.82) is 0 Å². The number of anilines is 1. The molecule has 0 aliphatic heterocycles. The third-order valence-corrected chi connectivity index (χ3v) is 4.74. The number of carbonyl (C=O) groups is 1. The summed E-state index contributed by atoms with van der Waals surface area (Å²) in [6, 6.07) is 11.6. The van der Waals surface area contributed by atoms with Crippen molar-refractivity contribution < 1.29 is 9.53 Å². The maximum absolute atomic E-state index is 12.6. The zero-order chi connectivity index (χ0) is 18.6. The standard InChI is InChI=1S/C20H25ClN2O2/c1-13-6-8-16(9-7-13)12-23(4)15(3)20(24)22-18-10-14(2)17(21)11-19(18)25-5/h6-11,15H,12H2,1-5H3,(H,22,24). The third-order valence-electron chi connectivity index (χ3n) is 4.33. The highest BCUT2D eigenvalue weighted by atomic mass is 35.5. The van der Waals surface area contributed by atoms with Crippen LogP contribution in [0.1, 0.15) is 23.6 Å². The van der Waals surface area contributed by atoms with Crippen molar-refractivity contribution in [2.45, 2.75) is 33.4 Å². The van der Waals surface area contributed by atoms with Crippen molar-refractivity contribution in [3.8, 4) is 5.75 Å². The van der Waals surface area contributed by atoms with Gasteiger partial charge < -0.3 is 10.1 Å². The number of rotatable bonds is 6. The Morgan fingerprint density at radius 3 is 2.48 bits per heavy atom. The molecule has 0 saturated heterocycles. The summed E-state index contributed by atoms with van der Waals surface area (Å²) in [5, 5.41) is 3.55. The van der Waals surface area contributed by atoms with E-state index in [4.69, 9.17) is 16.3 Å². The molecule has 0 saturated carbocycles. The van der Waals surface area contributed by atoms with Crippen molar-refractivity contribution in [3.63, 3.8) is 0 Å². The highest BCUT2D eigenvalue weighted by molar-refractivity contribution is 6.31. The van der Waals surface area contributed by atoms with E-state index in [0.29, 0.717) is 23.0 Å². The maximum Gasteiger partial charge on any atom is 0.241 e. The van der Waals surface area contributed by atoms with Crippen LogP contribution in [-0.4, -0.2) is 31.0 Å². The van der Waals surface area contributed by atoms with E-state index in [1.165, 1.54) is 11.1 Å². The van der Waals surface area contributed by atoms with E-state index in [1.54, 1.807) is 13.2 Å². The number of nitrogens with one attached hydrogen (secondary N) is 1.